The van der Waals surface area contributed by atoms with Crippen LogP contribution in [0.25, 0.3) is 0 Å². The summed E-state index contributed by atoms with van der Waals surface area (Å²) in [5.41, 5.74) is 0. The summed E-state index contributed by atoms with van der Waals surface area (Å²) in [5.74, 6) is 1.46. The molecule has 0 aromatic carbocycles. The second-order valence-electron chi connectivity index (χ2n) is 4.92. The van der Waals surface area contributed by atoms with Gasteiger partial charge in [-0.2, -0.15) is 11.8 Å². The van der Waals surface area contributed by atoms with Gasteiger partial charge >= 0.3 is 0 Å². The Labute approximate surface area is 108 Å². The summed E-state index contributed by atoms with van der Waals surface area (Å²) in [6.45, 7) is 9.76. The average Bonchev–Trinajstić information content (AvgIpc) is 2.36. The van der Waals surface area contributed by atoms with Crippen LogP contribution in [0.2, 0.25) is 0 Å². The van der Waals surface area contributed by atoms with Crippen LogP contribution < -0.4 is 5.32 Å². The Hall–Kier alpha value is -0.260. The molecule has 17 heavy (non-hydrogen) atoms. The van der Waals surface area contributed by atoms with Crippen LogP contribution in [0.1, 0.15) is 13.8 Å². The summed E-state index contributed by atoms with van der Waals surface area (Å²) in [5, 5.41) is 3.92. The van der Waals surface area contributed by atoms with Gasteiger partial charge in [0, 0.05) is 49.8 Å². The molecule has 2 rings (SSSR count). The molecule has 0 aromatic rings. The van der Waals surface area contributed by atoms with Gasteiger partial charge in [0.15, 0.2) is 0 Å². The quantitative estimate of drug-likeness (QED) is 0.769. The van der Waals surface area contributed by atoms with E-state index in [1.165, 1.54) is 0 Å². The minimum atomic E-state index is 0.303. The van der Waals surface area contributed by atoms with E-state index in [2.05, 4.69) is 24.1 Å². The Balaban J connectivity index is 1.84. The first-order chi connectivity index (χ1) is 8.18. The molecular formula is C12H23N3OS. The van der Waals surface area contributed by atoms with Crippen molar-refractivity contribution in [2.75, 3.05) is 45.0 Å². The molecule has 2 unspecified atom stereocenters. The second kappa shape index (κ2) is 6.07. The zero-order valence-electron chi connectivity index (χ0n) is 10.8. The standard InChI is InChI=1S/C12H23N3OS/c1-10-11(2)17-8-7-15(10)9-12(16)14-5-3-13-4-6-14/h10-11,13H,3-9H2,1-2H3. The van der Waals surface area contributed by atoms with Crippen molar-refractivity contribution in [2.45, 2.75) is 25.1 Å². The lowest BCUT2D eigenvalue weighted by Crippen LogP contribution is -2.53. The third-order valence-corrected chi connectivity index (χ3v) is 5.16. The monoisotopic (exact) mass is 257 g/mol. The van der Waals surface area contributed by atoms with Gasteiger partial charge in [-0.1, -0.05) is 6.92 Å². The van der Waals surface area contributed by atoms with Crippen molar-refractivity contribution in [1.29, 1.82) is 0 Å². The van der Waals surface area contributed by atoms with Gasteiger partial charge in [-0.05, 0) is 6.92 Å². The molecule has 2 aliphatic rings. The fraction of sp³-hybridized carbons (Fsp3) is 0.917. The normalized spacial score (nSPS) is 31.5. The van der Waals surface area contributed by atoms with E-state index in [0.29, 0.717) is 23.7 Å². The average molecular weight is 257 g/mol. The fourth-order valence-electron chi connectivity index (χ4n) is 2.41. The molecule has 4 nitrogen and oxygen atoms in total. The van der Waals surface area contributed by atoms with Gasteiger partial charge < -0.3 is 10.2 Å². The molecule has 1 amide bonds. The summed E-state index contributed by atoms with van der Waals surface area (Å²) < 4.78 is 0. The maximum absolute atomic E-state index is 12.2. The topological polar surface area (TPSA) is 35.6 Å². The van der Waals surface area contributed by atoms with Crippen molar-refractivity contribution in [3.05, 3.63) is 0 Å². The van der Waals surface area contributed by atoms with Crippen molar-refractivity contribution in [1.82, 2.24) is 15.1 Å². The minimum Gasteiger partial charge on any atom is -0.339 e. The highest BCUT2D eigenvalue weighted by Crippen LogP contribution is 2.23. The Morgan fingerprint density at radius 1 is 1.29 bits per heavy atom. The summed E-state index contributed by atoms with van der Waals surface area (Å²) in [7, 11) is 0. The molecule has 2 fully saturated rings. The van der Waals surface area contributed by atoms with Gasteiger partial charge in [0.2, 0.25) is 5.91 Å². The number of piperazine rings is 1. The van der Waals surface area contributed by atoms with Crippen molar-refractivity contribution in [3.63, 3.8) is 0 Å². The Kier molecular flexibility index (Phi) is 4.70. The van der Waals surface area contributed by atoms with Gasteiger partial charge in [0.05, 0.1) is 6.54 Å². The van der Waals surface area contributed by atoms with Crippen LogP contribution in [0.15, 0.2) is 0 Å². The molecule has 2 heterocycles. The molecular weight excluding hydrogens is 234 g/mol. The molecule has 0 saturated carbocycles. The van der Waals surface area contributed by atoms with Crippen molar-refractivity contribution in [3.8, 4) is 0 Å². The predicted octanol–water partition coefficient (Wildman–Crippen LogP) is 0.244. The highest BCUT2D eigenvalue weighted by molar-refractivity contribution is 8.00. The summed E-state index contributed by atoms with van der Waals surface area (Å²) in [6.07, 6.45) is 0. The molecule has 2 saturated heterocycles. The van der Waals surface area contributed by atoms with Gasteiger partial charge in [0.25, 0.3) is 0 Å². The van der Waals surface area contributed by atoms with Crippen molar-refractivity contribution in [2.24, 2.45) is 0 Å². The van der Waals surface area contributed by atoms with Crippen LogP contribution in [0.4, 0.5) is 0 Å². The van der Waals surface area contributed by atoms with Gasteiger partial charge in [-0.15, -0.1) is 0 Å². The van der Waals surface area contributed by atoms with Gasteiger partial charge in [0.1, 0.15) is 0 Å². The molecule has 5 heteroatoms. The van der Waals surface area contributed by atoms with E-state index in [9.17, 15) is 4.79 Å². The molecule has 98 valence electrons. The Morgan fingerprint density at radius 3 is 2.71 bits per heavy atom. The van der Waals surface area contributed by atoms with E-state index in [0.717, 1.165) is 38.5 Å². The molecule has 0 radical (unpaired) electrons. The number of nitrogens with zero attached hydrogens (tertiary/aromatic N) is 2. The highest BCUT2D eigenvalue weighted by Gasteiger charge is 2.28. The lowest BCUT2D eigenvalue weighted by Gasteiger charge is -2.38. The smallest absolute Gasteiger partial charge is 0.236 e. The first-order valence-electron chi connectivity index (χ1n) is 6.52. The largest absolute Gasteiger partial charge is 0.339 e. The molecule has 1 N–H and O–H groups in total. The molecule has 2 aliphatic heterocycles. The minimum absolute atomic E-state index is 0.303. The van der Waals surface area contributed by atoms with Crippen molar-refractivity contribution < 1.29 is 4.79 Å². The number of nitrogens with one attached hydrogen (secondary N) is 1. The third kappa shape index (κ3) is 3.36. The number of hydrogen-bond donors (Lipinski definition) is 1. The van der Waals surface area contributed by atoms with E-state index >= 15 is 0 Å². The second-order valence-corrected chi connectivity index (χ2v) is 6.40. The number of rotatable bonds is 2. The molecule has 0 aromatic heterocycles. The van der Waals surface area contributed by atoms with Gasteiger partial charge in [-0.25, -0.2) is 0 Å². The van der Waals surface area contributed by atoms with E-state index in [1.807, 2.05) is 16.7 Å². The van der Waals surface area contributed by atoms with Crippen LogP contribution in [-0.4, -0.2) is 72.0 Å². The molecule has 0 bridgehead atoms. The van der Waals surface area contributed by atoms with Crippen LogP contribution in [-0.2, 0) is 4.79 Å². The maximum atomic E-state index is 12.2. The van der Waals surface area contributed by atoms with Crippen LogP contribution in [0.5, 0.6) is 0 Å². The van der Waals surface area contributed by atoms with E-state index < -0.39 is 0 Å². The first-order valence-corrected chi connectivity index (χ1v) is 7.57. The SMILES string of the molecule is CC1SCCN(CC(=O)N2CCNCC2)C1C. The predicted molar refractivity (Wildman–Crippen MR) is 72.4 cm³/mol. The Bertz CT molecular complexity index is 268. The molecule has 0 aliphatic carbocycles. The third-order valence-electron chi connectivity index (χ3n) is 3.82. The number of carbonyl (C=O) groups excluding carboxylic acids is 1. The summed E-state index contributed by atoms with van der Waals surface area (Å²) in [4.78, 5) is 16.5. The zero-order valence-corrected chi connectivity index (χ0v) is 11.6. The Morgan fingerprint density at radius 2 is 2.00 bits per heavy atom. The summed E-state index contributed by atoms with van der Waals surface area (Å²) in [6, 6.07) is 0.514. The van der Waals surface area contributed by atoms with Crippen LogP contribution in [0, 0.1) is 0 Å². The number of amides is 1. The van der Waals surface area contributed by atoms with E-state index in [4.69, 9.17) is 0 Å². The van der Waals surface area contributed by atoms with Crippen LogP contribution >= 0.6 is 11.8 Å². The van der Waals surface area contributed by atoms with Crippen LogP contribution in [0.3, 0.4) is 0 Å². The zero-order chi connectivity index (χ0) is 12.3. The number of hydrogen-bond acceptors (Lipinski definition) is 4. The lowest BCUT2D eigenvalue weighted by atomic mass is 10.2. The summed E-state index contributed by atoms with van der Waals surface area (Å²) >= 11 is 2.02. The van der Waals surface area contributed by atoms with Gasteiger partial charge in [-0.3, -0.25) is 9.69 Å². The van der Waals surface area contributed by atoms with E-state index in [1.54, 1.807) is 0 Å². The van der Waals surface area contributed by atoms with E-state index in [-0.39, 0.29) is 0 Å². The van der Waals surface area contributed by atoms with Crippen molar-refractivity contribution >= 4 is 17.7 Å². The lowest BCUT2D eigenvalue weighted by molar-refractivity contribution is -0.133. The molecule has 0 spiro atoms. The first kappa shape index (κ1) is 13.2. The maximum Gasteiger partial charge on any atom is 0.236 e. The number of carbonyl (C=O) groups is 1. The molecule has 2 atom stereocenters. The highest BCUT2D eigenvalue weighted by atomic mass is 32.2. The fourth-order valence-corrected chi connectivity index (χ4v) is 3.57. The number of thioether (sulfide) groups is 1.